The first-order chi connectivity index (χ1) is 16.4. The minimum absolute atomic E-state index is 0.150. The number of carbonyl (C=O) groups is 3. The number of nitrogens with zero attached hydrogens (tertiary/aromatic N) is 1. The van der Waals surface area contributed by atoms with E-state index in [1.54, 1.807) is 67.8 Å². The van der Waals surface area contributed by atoms with Crippen molar-refractivity contribution in [1.29, 1.82) is 0 Å². The van der Waals surface area contributed by atoms with E-state index in [9.17, 15) is 14.4 Å². The first kappa shape index (κ1) is 24.0. The Kier molecular flexibility index (Phi) is 8.34. The van der Waals surface area contributed by atoms with E-state index < -0.39 is 11.8 Å². The molecule has 3 rings (SSSR count). The lowest BCUT2D eigenvalue weighted by Crippen LogP contribution is -2.22. The van der Waals surface area contributed by atoms with Gasteiger partial charge in [0, 0.05) is 0 Å². The third-order valence-electron chi connectivity index (χ3n) is 4.61. The van der Waals surface area contributed by atoms with Crippen LogP contribution < -0.4 is 25.9 Å². The molecule has 0 saturated carbocycles. The van der Waals surface area contributed by atoms with Gasteiger partial charge < -0.3 is 20.5 Å². The summed E-state index contributed by atoms with van der Waals surface area (Å²) in [6.07, 6.45) is 1.61. The van der Waals surface area contributed by atoms with Crippen molar-refractivity contribution in [3.63, 3.8) is 0 Å². The van der Waals surface area contributed by atoms with Crippen LogP contribution in [-0.2, 0) is 16.0 Å². The Morgan fingerprint density at radius 2 is 1.62 bits per heavy atom. The van der Waals surface area contributed by atoms with Crippen molar-refractivity contribution in [2.24, 2.45) is 10.8 Å². The minimum Gasteiger partial charge on any atom is -0.497 e. The summed E-state index contributed by atoms with van der Waals surface area (Å²) < 4.78 is 10.3. The Bertz CT molecular complexity index is 1170. The van der Waals surface area contributed by atoms with Crippen molar-refractivity contribution in [2.45, 2.75) is 6.42 Å². The van der Waals surface area contributed by atoms with Gasteiger partial charge in [-0.15, -0.1) is 0 Å². The van der Waals surface area contributed by atoms with E-state index in [4.69, 9.17) is 15.2 Å². The SMILES string of the molecule is COc1ccc(CC(=O)Nc2ccccc2C(=O)N/N=C\c2ccc(OCC(N)=O)cc2)cc1. The predicted molar refractivity (Wildman–Crippen MR) is 128 cm³/mol. The fraction of sp³-hybridized carbons (Fsp3) is 0.120. The van der Waals surface area contributed by atoms with Crippen LogP contribution in [0.3, 0.4) is 0 Å². The molecule has 0 bridgehead atoms. The molecular formula is C25H24N4O5. The number of carbonyl (C=O) groups excluding carboxylic acids is 3. The quantitative estimate of drug-likeness (QED) is 0.316. The van der Waals surface area contributed by atoms with Gasteiger partial charge in [0.2, 0.25) is 5.91 Å². The van der Waals surface area contributed by atoms with E-state index in [2.05, 4.69) is 15.8 Å². The maximum atomic E-state index is 12.6. The highest BCUT2D eigenvalue weighted by atomic mass is 16.5. The van der Waals surface area contributed by atoms with Gasteiger partial charge in [-0.3, -0.25) is 14.4 Å². The van der Waals surface area contributed by atoms with Gasteiger partial charge >= 0.3 is 0 Å². The molecule has 3 aromatic rings. The molecule has 0 spiro atoms. The maximum Gasteiger partial charge on any atom is 0.273 e. The lowest BCUT2D eigenvalue weighted by Gasteiger charge is -2.10. The Balaban J connectivity index is 1.58. The number of para-hydroxylation sites is 1. The molecule has 0 aliphatic heterocycles. The molecule has 0 fully saturated rings. The Morgan fingerprint density at radius 1 is 0.941 bits per heavy atom. The largest absolute Gasteiger partial charge is 0.497 e. The number of hydrazone groups is 1. The van der Waals surface area contributed by atoms with Crippen molar-refractivity contribution in [1.82, 2.24) is 5.43 Å². The number of benzene rings is 3. The summed E-state index contributed by atoms with van der Waals surface area (Å²) in [5.74, 6) is -0.102. The summed E-state index contributed by atoms with van der Waals surface area (Å²) in [7, 11) is 1.58. The van der Waals surface area contributed by atoms with Gasteiger partial charge in [-0.25, -0.2) is 5.43 Å². The molecule has 0 aliphatic rings. The standard InChI is InChI=1S/C25H24N4O5/c1-33-19-10-6-17(7-11-19)14-24(31)28-22-5-3-2-4-21(22)25(32)29-27-15-18-8-12-20(13-9-18)34-16-23(26)30/h2-13,15H,14,16H2,1H3,(H2,26,30)(H,28,31)(H,29,32)/b27-15-. The van der Waals surface area contributed by atoms with Crippen LogP contribution in [0.1, 0.15) is 21.5 Å². The third kappa shape index (κ3) is 7.20. The molecule has 0 radical (unpaired) electrons. The molecule has 3 amide bonds. The number of anilines is 1. The molecule has 9 heteroatoms. The molecule has 0 unspecified atom stereocenters. The smallest absolute Gasteiger partial charge is 0.273 e. The van der Waals surface area contributed by atoms with E-state index in [1.165, 1.54) is 6.21 Å². The highest BCUT2D eigenvalue weighted by Gasteiger charge is 2.13. The van der Waals surface area contributed by atoms with Gasteiger partial charge in [-0.2, -0.15) is 5.10 Å². The number of amides is 3. The topological polar surface area (TPSA) is 132 Å². The Labute approximate surface area is 196 Å². The zero-order valence-electron chi connectivity index (χ0n) is 18.5. The van der Waals surface area contributed by atoms with E-state index in [0.717, 1.165) is 5.56 Å². The number of nitrogens with two attached hydrogens (primary N) is 1. The Morgan fingerprint density at radius 3 is 2.29 bits per heavy atom. The van der Waals surface area contributed by atoms with E-state index >= 15 is 0 Å². The van der Waals surface area contributed by atoms with Crippen LogP contribution in [0.4, 0.5) is 5.69 Å². The summed E-state index contributed by atoms with van der Waals surface area (Å²) >= 11 is 0. The number of ether oxygens (including phenoxy) is 2. The molecule has 0 saturated heterocycles. The lowest BCUT2D eigenvalue weighted by molar-refractivity contribution is -0.120. The summed E-state index contributed by atoms with van der Waals surface area (Å²) in [6.45, 7) is -0.209. The molecule has 9 nitrogen and oxygen atoms in total. The van der Waals surface area contributed by atoms with Crippen LogP contribution in [0.5, 0.6) is 11.5 Å². The van der Waals surface area contributed by atoms with Gasteiger partial charge in [0.05, 0.1) is 31.0 Å². The van der Waals surface area contributed by atoms with E-state index in [1.807, 2.05) is 12.1 Å². The van der Waals surface area contributed by atoms with Crippen molar-refractivity contribution in [2.75, 3.05) is 19.0 Å². The Hall–Kier alpha value is -4.66. The number of primary amides is 1. The van der Waals surface area contributed by atoms with Crippen LogP contribution in [0.15, 0.2) is 77.9 Å². The van der Waals surface area contributed by atoms with Crippen LogP contribution in [0.25, 0.3) is 0 Å². The highest BCUT2D eigenvalue weighted by Crippen LogP contribution is 2.17. The van der Waals surface area contributed by atoms with E-state index in [0.29, 0.717) is 22.7 Å². The fourth-order valence-corrected chi connectivity index (χ4v) is 2.94. The molecule has 0 aliphatic carbocycles. The van der Waals surface area contributed by atoms with Crippen LogP contribution in [0.2, 0.25) is 0 Å². The zero-order chi connectivity index (χ0) is 24.3. The molecule has 0 atom stereocenters. The summed E-state index contributed by atoms with van der Waals surface area (Å²) in [5, 5.41) is 6.74. The third-order valence-corrected chi connectivity index (χ3v) is 4.61. The fourth-order valence-electron chi connectivity index (χ4n) is 2.94. The van der Waals surface area contributed by atoms with Crippen LogP contribution in [0, 0.1) is 0 Å². The number of hydrogen-bond donors (Lipinski definition) is 3. The molecular weight excluding hydrogens is 436 g/mol. The van der Waals surface area contributed by atoms with Crippen molar-refractivity contribution >= 4 is 29.6 Å². The molecule has 0 aromatic heterocycles. The molecule has 3 aromatic carbocycles. The first-order valence-electron chi connectivity index (χ1n) is 10.3. The van der Waals surface area contributed by atoms with Crippen molar-refractivity contribution in [3.05, 3.63) is 89.5 Å². The van der Waals surface area contributed by atoms with Gasteiger partial charge in [-0.1, -0.05) is 24.3 Å². The molecule has 0 heterocycles. The molecule has 174 valence electrons. The van der Waals surface area contributed by atoms with Gasteiger partial charge in [0.25, 0.3) is 11.8 Å². The van der Waals surface area contributed by atoms with Crippen LogP contribution >= 0.6 is 0 Å². The average Bonchev–Trinajstić information content (AvgIpc) is 2.84. The second-order valence-corrected chi connectivity index (χ2v) is 7.14. The summed E-state index contributed by atoms with van der Waals surface area (Å²) in [6, 6.07) is 20.6. The predicted octanol–water partition coefficient (Wildman–Crippen LogP) is 2.50. The van der Waals surface area contributed by atoms with Gasteiger partial charge in [-0.05, 0) is 59.7 Å². The zero-order valence-corrected chi connectivity index (χ0v) is 18.5. The second kappa shape index (κ2) is 11.8. The minimum atomic E-state index is -0.564. The number of rotatable bonds is 10. The van der Waals surface area contributed by atoms with Crippen molar-refractivity contribution in [3.8, 4) is 11.5 Å². The number of nitrogens with one attached hydrogen (secondary N) is 2. The van der Waals surface area contributed by atoms with Crippen molar-refractivity contribution < 1.29 is 23.9 Å². The first-order valence-corrected chi connectivity index (χ1v) is 10.3. The number of hydrogen-bond acceptors (Lipinski definition) is 6. The molecule has 34 heavy (non-hydrogen) atoms. The summed E-state index contributed by atoms with van der Waals surface area (Å²) in [5.41, 5.74) is 9.66. The highest BCUT2D eigenvalue weighted by molar-refractivity contribution is 6.04. The monoisotopic (exact) mass is 460 g/mol. The number of methoxy groups -OCH3 is 1. The summed E-state index contributed by atoms with van der Waals surface area (Å²) in [4.78, 5) is 35.9. The maximum absolute atomic E-state index is 12.6. The van der Waals surface area contributed by atoms with Crippen LogP contribution in [-0.4, -0.2) is 37.7 Å². The van der Waals surface area contributed by atoms with E-state index in [-0.39, 0.29) is 24.5 Å². The van der Waals surface area contributed by atoms with Gasteiger partial charge in [0.1, 0.15) is 11.5 Å². The van der Waals surface area contributed by atoms with Gasteiger partial charge in [0.15, 0.2) is 6.61 Å². The second-order valence-electron chi connectivity index (χ2n) is 7.14. The average molecular weight is 460 g/mol. The normalized spacial score (nSPS) is 10.5. The lowest BCUT2D eigenvalue weighted by atomic mass is 10.1. The molecule has 4 N–H and O–H groups in total.